The Labute approximate surface area is 117 Å². The monoisotopic (exact) mass is 261 g/mol. The van der Waals surface area contributed by atoms with Gasteiger partial charge < -0.3 is 10.5 Å². The Hall–Kier alpha value is -1.02. The SMILES string of the molecule is CCCOc1ccc(C(N)C2(C)CCCCC2)cc1. The largest absolute Gasteiger partial charge is 0.494 e. The molecule has 2 N–H and O–H groups in total. The first-order valence-corrected chi connectivity index (χ1v) is 7.64. The molecule has 1 saturated carbocycles. The zero-order chi connectivity index (χ0) is 13.7. The highest BCUT2D eigenvalue weighted by Crippen LogP contribution is 2.44. The predicted molar refractivity (Wildman–Crippen MR) is 80.3 cm³/mol. The van der Waals surface area contributed by atoms with E-state index in [9.17, 15) is 0 Å². The van der Waals surface area contributed by atoms with Crippen LogP contribution in [0.1, 0.15) is 64.0 Å². The fourth-order valence-corrected chi connectivity index (χ4v) is 3.06. The zero-order valence-electron chi connectivity index (χ0n) is 12.3. The van der Waals surface area contributed by atoms with Gasteiger partial charge in [0.15, 0.2) is 0 Å². The van der Waals surface area contributed by atoms with E-state index in [1.807, 2.05) is 0 Å². The van der Waals surface area contributed by atoms with Gasteiger partial charge in [-0.1, -0.05) is 45.2 Å². The van der Waals surface area contributed by atoms with E-state index in [0.717, 1.165) is 18.8 Å². The van der Waals surface area contributed by atoms with Gasteiger partial charge in [0.05, 0.1) is 6.61 Å². The van der Waals surface area contributed by atoms with Crippen molar-refractivity contribution >= 4 is 0 Å². The van der Waals surface area contributed by atoms with Gasteiger partial charge in [0.2, 0.25) is 0 Å². The highest BCUT2D eigenvalue weighted by Gasteiger charge is 2.33. The third-order valence-corrected chi connectivity index (χ3v) is 4.46. The quantitative estimate of drug-likeness (QED) is 0.850. The lowest BCUT2D eigenvalue weighted by Gasteiger charge is -2.39. The first-order valence-electron chi connectivity index (χ1n) is 7.64. The molecule has 1 aromatic carbocycles. The van der Waals surface area contributed by atoms with Crippen molar-refractivity contribution in [2.45, 2.75) is 58.4 Å². The molecule has 1 atom stereocenters. The second-order valence-corrected chi connectivity index (χ2v) is 6.11. The van der Waals surface area contributed by atoms with E-state index in [0.29, 0.717) is 0 Å². The summed E-state index contributed by atoms with van der Waals surface area (Å²) in [6.45, 7) is 5.25. The molecule has 1 fully saturated rings. The number of nitrogens with two attached hydrogens (primary N) is 1. The lowest BCUT2D eigenvalue weighted by Crippen LogP contribution is -2.33. The third-order valence-electron chi connectivity index (χ3n) is 4.46. The highest BCUT2D eigenvalue weighted by atomic mass is 16.5. The summed E-state index contributed by atoms with van der Waals surface area (Å²) in [6, 6.07) is 8.52. The molecule has 19 heavy (non-hydrogen) atoms. The van der Waals surface area contributed by atoms with Crippen LogP contribution >= 0.6 is 0 Å². The number of ether oxygens (including phenoxy) is 1. The summed E-state index contributed by atoms with van der Waals surface area (Å²) in [4.78, 5) is 0. The molecule has 2 rings (SSSR count). The smallest absolute Gasteiger partial charge is 0.119 e. The van der Waals surface area contributed by atoms with Crippen LogP contribution in [0.15, 0.2) is 24.3 Å². The maximum absolute atomic E-state index is 6.51. The molecule has 1 unspecified atom stereocenters. The zero-order valence-corrected chi connectivity index (χ0v) is 12.3. The Morgan fingerprint density at radius 2 is 1.79 bits per heavy atom. The lowest BCUT2D eigenvalue weighted by atomic mass is 9.69. The number of hydrogen-bond donors (Lipinski definition) is 1. The topological polar surface area (TPSA) is 35.2 Å². The fraction of sp³-hybridized carbons (Fsp3) is 0.647. The van der Waals surface area contributed by atoms with Gasteiger partial charge in [0.25, 0.3) is 0 Å². The summed E-state index contributed by atoms with van der Waals surface area (Å²) in [6.07, 6.45) is 7.56. The summed E-state index contributed by atoms with van der Waals surface area (Å²) in [7, 11) is 0. The Morgan fingerprint density at radius 1 is 1.16 bits per heavy atom. The minimum absolute atomic E-state index is 0.146. The number of hydrogen-bond acceptors (Lipinski definition) is 2. The summed E-state index contributed by atoms with van der Waals surface area (Å²) >= 11 is 0. The van der Waals surface area contributed by atoms with Gasteiger partial charge in [-0.2, -0.15) is 0 Å². The van der Waals surface area contributed by atoms with Crippen molar-refractivity contribution in [2.24, 2.45) is 11.1 Å². The van der Waals surface area contributed by atoms with Gasteiger partial charge in [-0.05, 0) is 42.4 Å². The van der Waals surface area contributed by atoms with E-state index in [4.69, 9.17) is 10.5 Å². The van der Waals surface area contributed by atoms with Crippen LogP contribution in [-0.2, 0) is 0 Å². The van der Waals surface area contributed by atoms with Gasteiger partial charge in [0, 0.05) is 6.04 Å². The van der Waals surface area contributed by atoms with Gasteiger partial charge in [-0.3, -0.25) is 0 Å². The maximum Gasteiger partial charge on any atom is 0.119 e. The third kappa shape index (κ3) is 3.50. The normalized spacial score (nSPS) is 19.9. The van der Waals surface area contributed by atoms with Crippen LogP contribution in [-0.4, -0.2) is 6.61 Å². The van der Waals surface area contributed by atoms with Crippen LogP contribution in [0.5, 0.6) is 5.75 Å². The Kier molecular flexibility index (Phi) is 4.87. The average Bonchev–Trinajstić information content (AvgIpc) is 2.46. The van der Waals surface area contributed by atoms with Crippen molar-refractivity contribution in [3.63, 3.8) is 0 Å². The van der Waals surface area contributed by atoms with Gasteiger partial charge in [-0.25, -0.2) is 0 Å². The van der Waals surface area contributed by atoms with Crippen LogP contribution in [0, 0.1) is 5.41 Å². The maximum atomic E-state index is 6.51. The molecule has 0 heterocycles. The van der Waals surface area contributed by atoms with E-state index >= 15 is 0 Å². The molecule has 2 heteroatoms. The van der Waals surface area contributed by atoms with E-state index in [2.05, 4.69) is 38.1 Å². The van der Waals surface area contributed by atoms with Crippen molar-refractivity contribution in [3.05, 3.63) is 29.8 Å². The molecule has 0 amide bonds. The summed E-state index contributed by atoms with van der Waals surface area (Å²) in [5.41, 5.74) is 8.03. The van der Waals surface area contributed by atoms with Crippen molar-refractivity contribution in [2.75, 3.05) is 6.61 Å². The van der Waals surface area contributed by atoms with E-state index < -0.39 is 0 Å². The standard InChI is InChI=1S/C17H27NO/c1-3-13-19-15-9-7-14(8-10-15)16(18)17(2)11-5-4-6-12-17/h7-10,16H,3-6,11-13,18H2,1-2H3. The lowest BCUT2D eigenvalue weighted by molar-refractivity contribution is 0.170. The fourth-order valence-electron chi connectivity index (χ4n) is 3.06. The van der Waals surface area contributed by atoms with Crippen LogP contribution < -0.4 is 10.5 Å². The van der Waals surface area contributed by atoms with Crippen molar-refractivity contribution in [1.82, 2.24) is 0 Å². The molecule has 106 valence electrons. The Morgan fingerprint density at radius 3 is 2.37 bits per heavy atom. The molecule has 0 aliphatic heterocycles. The molecular weight excluding hydrogens is 234 g/mol. The minimum atomic E-state index is 0.146. The van der Waals surface area contributed by atoms with E-state index in [-0.39, 0.29) is 11.5 Å². The molecule has 0 saturated heterocycles. The predicted octanol–water partition coefficient (Wildman–Crippen LogP) is 4.45. The van der Waals surface area contributed by atoms with Crippen molar-refractivity contribution < 1.29 is 4.74 Å². The molecule has 0 bridgehead atoms. The Bertz CT molecular complexity index is 379. The highest BCUT2D eigenvalue weighted by molar-refractivity contribution is 5.30. The molecule has 1 aromatic rings. The van der Waals surface area contributed by atoms with Crippen LogP contribution in [0.25, 0.3) is 0 Å². The van der Waals surface area contributed by atoms with Crippen molar-refractivity contribution in [3.8, 4) is 5.75 Å². The molecule has 0 spiro atoms. The van der Waals surface area contributed by atoms with Crippen LogP contribution in [0.3, 0.4) is 0 Å². The summed E-state index contributed by atoms with van der Waals surface area (Å²) in [5.74, 6) is 0.951. The average molecular weight is 261 g/mol. The summed E-state index contributed by atoms with van der Waals surface area (Å²) in [5, 5.41) is 0. The van der Waals surface area contributed by atoms with Gasteiger partial charge in [0.1, 0.15) is 5.75 Å². The first kappa shape index (κ1) is 14.4. The molecular formula is C17H27NO. The van der Waals surface area contributed by atoms with Gasteiger partial charge in [-0.15, -0.1) is 0 Å². The van der Waals surface area contributed by atoms with E-state index in [1.54, 1.807) is 0 Å². The second-order valence-electron chi connectivity index (χ2n) is 6.11. The first-order chi connectivity index (χ1) is 9.15. The van der Waals surface area contributed by atoms with Crippen LogP contribution in [0.2, 0.25) is 0 Å². The Balaban J connectivity index is 2.04. The minimum Gasteiger partial charge on any atom is -0.494 e. The summed E-state index contributed by atoms with van der Waals surface area (Å²) < 4.78 is 5.62. The number of benzene rings is 1. The van der Waals surface area contributed by atoms with E-state index in [1.165, 1.54) is 37.7 Å². The van der Waals surface area contributed by atoms with Crippen LogP contribution in [0.4, 0.5) is 0 Å². The molecule has 0 aromatic heterocycles. The van der Waals surface area contributed by atoms with Gasteiger partial charge >= 0.3 is 0 Å². The molecule has 0 radical (unpaired) electrons. The molecule has 1 aliphatic rings. The molecule has 2 nitrogen and oxygen atoms in total. The van der Waals surface area contributed by atoms with Crippen molar-refractivity contribution in [1.29, 1.82) is 0 Å². The second kappa shape index (κ2) is 6.42. The molecule has 1 aliphatic carbocycles. The number of rotatable bonds is 5.